The Morgan fingerprint density at radius 1 is 1.40 bits per heavy atom. The first-order valence-electron chi connectivity index (χ1n) is 4.69. The van der Waals surface area contributed by atoms with E-state index in [2.05, 4.69) is 5.32 Å². The fourth-order valence-corrected chi connectivity index (χ4v) is 1.42. The Morgan fingerprint density at radius 2 is 2.07 bits per heavy atom. The van der Waals surface area contributed by atoms with E-state index in [1.54, 1.807) is 43.1 Å². The summed E-state index contributed by atoms with van der Waals surface area (Å²) in [6, 6.07) is 7.08. The van der Waals surface area contributed by atoms with Gasteiger partial charge in [0.15, 0.2) is 0 Å². The van der Waals surface area contributed by atoms with Gasteiger partial charge in [0.05, 0.1) is 7.11 Å². The number of benzene rings is 1. The molecule has 0 saturated heterocycles. The van der Waals surface area contributed by atoms with Crippen LogP contribution in [0.4, 0.5) is 0 Å². The van der Waals surface area contributed by atoms with Gasteiger partial charge in [-0.3, -0.25) is 4.79 Å². The number of amides is 1. The van der Waals surface area contributed by atoms with Gasteiger partial charge in [-0.2, -0.15) is 11.8 Å². The van der Waals surface area contributed by atoms with Gasteiger partial charge in [0.25, 0.3) is 5.91 Å². The molecule has 0 radical (unpaired) electrons. The highest BCUT2D eigenvalue weighted by molar-refractivity contribution is 7.98. The molecule has 1 rings (SSSR count). The smallest absolute Gasteiger partial charge is 0.251 e. The highest BCUT2D eigenvalue weighted by atomic mass is 32.2. The molecule has 1 N–H and O–H groups in total. The van der Waals surface area contributed by atoms with E-state index in [9.17, 15) is 4.79 Å². The molecule has 0 heterocycles. The molecule has 1 aromatic rings. The molecule has 1 aromatic carbocycles. The minimum Gasteiger partial charge on any atom is -0.497 e. The van der Waals surface area contributed by atoms with Crippen molar-refractivity contribution in [3.63, 3.8) is 0 Å². The molecule has 0 spiro atoms. The monoisotopic (exact) mass is 225 g/mol. The Labute approximate surface area is 94.2 Å². The van der Waals surface area contributed by atoms with Crippen LogP contribution in [0.3, 0.4) is 0 Å². The van der Waals surface area contributed by atoms with E-state index in [0.717, 1.165) is 11.5 Å². The van der Waals surface area contributed by atoms with E-state index < -0.39 is 0 Å². The number of rotatable bonds is 5. The molecule has 3 nitrogen and oxygen atoms in total. The molecule has 1 amide bonds. The van der Waals surface area contributed by atoms with Crippen LogP contribution in [0.5, 0.6) is 5.75 Å². The number of hydrogen-bond acceptors (Lipinski definition) is 3. The number of hydrogen-bond donors (Lipinski definition) is 1. The van der Waals surface area contributed by atoms with Crippen molar-refractivity contribution in [1.82, 2.24) is 5.32 Å². The summed E-state index contributed by atoms with van der Waals surface area (Å²) in [6.45, 7) is 0.700. The Morgan fingerprint density at radius 3 is 2.60 bits per heavy atom. The van der Waals surface area contributed by atoms with Gasteiger partial charge in [-0.1, -0.05) is 0 Å². The fourth-order valence-electron chi connectivity index (χ4n) is 1.11. The number of carbonyl (C=O) groups excluding carboxylic acids is 1. The highest BCUT2D eigenvalue weighted by Gasteiger charge is 2.03. The lowest BCUT2D eigenvalue weighted by atomic mass is 10.2. The van der Waals surface area contributed by atoms with Gasteiger partial charge < -0.3 is 10.1 Å². The van der Waals surface area contributed by atoms with Crippen LogP contribution >= 0.6 is 11.8 Å². The summed E-state index contributed by atoms with van der Waals surface area (Å²) in [4.78, 5) is 11.6. The number of carbonyl (C=O) groups is 1. The standard InChI is InChI=1S/C11H15NO2S/c1-14-10-5-3-9(4-6-10)11(13)12-7-8-15-2/h3-6H,7-8H2,1-2H3,(H,12,13). The van der Waals surface area contributed by atoms with Crippen LogP contribution in [0.15, 0.2) is 24.3 Å². The zero-order valence-corrected chi connectivity index (χ0v) is 9.76. The SMILES string of the molecule is COc1ccc(C(=O)NCCSC)cc1. The first kappa shape index (κ1) is 11.9. The zero-order valence-electron chi connectivity index (χ0n) is 8.95. The number of thioether (sulfide) groups is 1. The van der Waals surface area contributed by atoms with Crippen molar-refractivity contribution >= 4 is 17.7 Å². The maximum absolute atomic E-state index is 11.6. The quantitative estimate of drug-likeness (QED) is 0.776. The van der Waals surface area contributed by atoms with Gasteiger partial charge in [0, 0.05) is 17.9 Å². The Kier molecular flexibility index (Phi) is 5.04. The molecule has 0 unspecified atom stereocenters. The third-order valence-electron chi connectivity index (χ3n) is 1.94. The second kappa shape index (κ2) is 6.35. The second-order valence-electron chi connectivity index (χ2n) is 2.98. The van der Waals surface area contributed by atoms with Gasteiger partial charge in [-0.25, -0.2) is 0 Å². The Balaban J connectivity index is 2.50. The van der Waals surface area contributed by atoms with Crippen LogP contribution in [0, 0.1) is 0 Å². The van der Waals surface area contributed by atoms with Crippen molar-refractivity contribution < 1.29 is 9.53 Å². The summed E-state index contributed by atoms with van der Waals surface area (Å²) >= 11 is 1.71. The van der Waals surface area contributed by atoms with Crippen LogP contribution in [0.25, 0.3) is 0 Å². The van der Waals surface area contributed by atoms with Crippen LogP contribution in [0.1, 0.15) is 10.4 Å². The number of ether oxygens (including phenoxy) is 1. The van der Waals surface area contributed by atoms with Gasteiger partial charge in [-0.05, 0) is 30.5 Å². The van der Waals surface area contributed by atoms with E-state index in [4.69, 9.17) is 4.74 Å². The summed E-state index contributed by atoms with van der Waals surface area (Å²) in [5, 5.41) is 2.84. The summed E-state index contributed by atoms with van der Waals surface area (Å²) in [7, 11) is 1.60. The van der Waals surface area contributed by atoms with Crippen LogP contribution in [-0.2, 0) is 0 Å². The topological polar surface area (TPSA) is 38.3 Å². The van der Waals surface area contributed by atoms with E-state index in [0.29, 0.717) is 12.1 Å². The molecule has 0 saturated carbocycles. The molecule has 4 heteroatoms. The lowest BCUT2D eigenvalue weighted by Crippen LogP contribution is -2.25. The van der Waals surface area contributed by atoms with E-state index >= 15 is 0 Å². The highest BCUT2D eigenvalue weighted by Crippen LogP contribution is 2.10. The zero-order chi connectivity index (χ0) is 11.1. The van der Waals surface area contributed by atoms with Crippen molar-refractivity contribution in [2.24, 2.45) is 0 Å². The third-order valence-corrected chi connectivity index (χ3v) is 2.56. The molecule has 0 aliphatic rings. The van der Waals surface area contributed by atoms with Crippen molar-refractivity contribution in [2.75, 3.05) is 25.7 Å². The minimum atomic E-state index is -0.0355. The summed E-state index contributed by atoms with van der Waals surface area (Å²) in [5.41, 5.74) is 0.664. The average Bonchev–Trinajstić information content (AvgIpc) is 2.29. The van der Waals surface area contributed by atoms with Crippen LogP contribution in [0.2, 0.25) is 0 Å². The van der Waals surface area contributed by atoms with Crippen molar-refractivity contribution in [2.45, 2.75) is 0 Å². The molecule has 0 aliphatic carbocycles. The normalized spacial score (nSPS) is 9.73. The summed E-state index contributed by atoms with van der Waals surface area (Å²) < 4.78 is 5.01. The van der Waals surface area contributed by atoms with Crippen molar-refractivity contribution in [3.8, 4) is 5.75 Å². The van der Waals surface area contributed by atoms with Crippen molar-refractivity contribution in [1.29, 1.82) is 0 Å². The van der Waals surface area contributed by atoms with E-state index in [1.807, 2.05) is 6.26 Å². The van der Waals surface area contributed by atoms with E-state index in [-0.39, 0.29) is 5.91 Å². The predicted molar refractivity (Wildman–Crippen MR) is 63.7 cm³/mol. The van der Waals surface area contributed by atoms with Crippen LogP contribution in [-0.4, -0.2) is 31.6 Å². The van der Waals surface area contributed by atoms with Gasteiger partial charge in [-0.15, -0.1) is 0 Å². The molecular weight excluding hydrogens is 210 g/mol. The largest absolute Gasteiger partial charge is 0.497 e. The predicted octanol–water partition coefficient (Wildman–Crippen LogP) is 1.79. The molecular formula is C11H15NO2S. The maximum Gasteiger partial charge on any atom is 0.251 e. The van der Waals surface area contributed by atoms with Gasteiger partial charge in [0.2, 0.25) is 0 Å². The first-order chi connectivity index (χ1) is 7.27. The molecule has 0 aromatic heterocycles. The molecule has 0 fully saturated rings. The summed E-state index contributed by atoms with van der Waals surface area (Å²) in [5.74, 6) is 1.66. The van der Waals surface area contributed by atoms with Crippen molar-refractivity contribution in [3.05, 3.63) is 29.8 Å². The fraction of sp³-hybridized carbons (Fsp3) is 0.364. The molecule has 0 atom stereocenters. The van der Waals surface area contributed by atoms with E-state index in [1.165, 1.54) is 0 Å². The minimum absolute atomic E-state index is 0.0355. The Bertz CT molecular complexity index is 311. The summed E-state index contributed by atoms with van der Waals surface area (Å²) in [6.07, 6.45) is 2.01. The lowest BCUT2D eigenvalue weighted by Gasteiger charge is -2.04. The second-order valence-corrected chi connectivity index (χ2v) is 3.96. The molecule has 82 valence electrons. The molecule has 15 heavy (non-hydrogen) atoms. The number of methoxy groups -OCH3 is 1. The lowest BCUT2D eigenvalue weighted by molar-refractivity contribution is 0.0956. The molecule has 0 bridgehead atoms. The third kappa shape index (κ3) is 3.83. The number of nitrogens with one attached hydrogen (secondary N) is 1. The van der Waals surface area contributed by atoms with Gasteiger partial charge in [0.1, 0.15) is 5.75 Å². The molecule has 0 aliphatic heterocycles. The van der Waals surface area contributed by atoms with Gasteiger partial charge >= 0.3 is 0 Å². The first-order valence-corrected chi connectivity index (χ1v) is 6.08. The average molecular weight is 225 g/mol. The van der Waals surface area contributed by atoms with Crippen LogP contribution < -0.4 is 10.1 Å². The maximum atomic E-state index is 11.6. The Hall–Kier alpha value is -1.16.